The fraction of sp³-hybridized carbons (Fsp3) is 0.0645. The predicted octanol–water partition coefficient (Wildman–Crippen LogP) is 4.78. The van der Waals surface area contributed by atoms with E-state index in [9.17, 15) is 23.6 Å². The number of benzene rings is 4. The van der Waals surface area contributed by atoms with Gasteiger partial charge in [-0.15, -0.1) is 0 Å². The number of carbonyl (C=O) groups is 4. The number of para-hydroxylation sites is 1. The molecule has 0 radical (unpaired) electrons. The molecule has 10 nitrogen and oxygen atoms in total. The Kier molecular flexibility index (Phi) is 9.71. The fourth-order valence-electron chi connectivity index (χ4n) is 3.60. The Labute approximate surface area is 240 Å². The van der Waals surface area contributed by atoms with Crippen LogP contribution in [-0.2, 0) is 9.59 Å². The van der Waals surface area contributed by atoms with E-state index in [1.54, 1.807) is 48.5 Å². The Morgan fingerprint density at radius 3 is 2.10 bits per heavy atom. The molecule has 0 atom stereocenters. The van der Waals surface area contributed by atoms with Crippen molar-refractivity contribution in [3.05, 3.63) is 120 Å². The van der Waals surface area contributed by atoms with Gasteiger partial charge in [0.15, 0.2) is 0 Å². The van der Waals surface area contributed by atoms with Crippen LogP contribution in [0.2, 0.25) is 0 Å². The van der Waals surface area contributed by atoms with Crippen molar-refractivity contribution in [3.63, 3.8) is 0 Å². The van der Waals surface area contributed by atoms with Crippen LogP contribution < -0.4 is 25.5 Å². The van der Waals surface area contributed by atoms with Crippen LogP contribution in [0.1, 0.15) is 33.2 Å². The standard InChI is InChI=1S/C31H25FN4O6/c1-2-41-22-17-13-21(14-18-22)34-28(37)25-8-4-6-10-27(25)35-29(38)30(39)36-33-19-20-11-15-23(16-12-20)42-31(40)24-7-3-5-9-26(24)32/h3-19H,2H2,1H3,(H,34,37)(H,35,38)(H,36,39)/b33-19-. The van der Waals surface area contributed by atoms with E-state index in [-0.39, 0.29) is 22.6 Å². The first-order valence-corrected chi connectivity index (χ1v) is 12.7. The summed E-state index contributed by atoms with van der Waals surface area (Å²) in [7, 11) is 0. The predicted molar refractivity (Wildman–Crippen MR) is 154 cm³/mol. The molecule has 4 aromatic rings. The Morgan fingerprint density at radius 2 is 1.40 bits per heavy atom. The lowest BCUT2D eigenvalue weighted by molar-refractivity contribution is -0.136. The zero-order valence-corrected chi connectivity index (χ0v) is 22.3. The number of amides is 3. The molecule has 0 aliphatic rings. The van der Waals surface area contributed by atoms with Gasteiger partial charge in [-0.25, -0.2) is 14.6 Å². The average Bonchev–Trinajstić information content (AvgIpc) is 2.99. The van der Waals surface area contributed by atoms with Crippen molar-refractivity contribution >= 4 is 41.3 Å². The second kappa shape index (κ2) is 14.0. The van der Waals surface area contributed by atoms with Crippen LogP contribution in [0.25, 0.3) is 0 Å². The normalized spacial score (nSPS) is 10.5. The molecule has 11 heteroatoms. The molecule has 0 bridgehead atoms. The van der Waals surface area contributed by atoms with Gasteiger partial charge < -0.3 is 20.1 Å². The quantitative estimate of drug-likeness (QED) is 0.0874. The van der Waals surface area contributed by atoms with Crippen LogP contribution in [0, 0.1) is 5.82 Å². The van der Waals surface area contributed by atoms with Crippen molar-refractivity contribution in [2.24, 2.45) is 5.10 Å². The molecule has 0 unspecified atom stereocenters. The van der Waals surface area contributed by atoms with Gasteiger partial charge in [0.2, 0.25) is 0 Å². The second-order valence-corrected chi connectivity index (χ2v) is 8.55. The summed E-state index contributed by atoms with van der Waals surface area (Å²) in [4.78, 5) is 49.7. The van der Waals surface area contributed by atoms with Crippen LogP contribution in [0.15, 0.2) is 102 Å². The molecule has 0 aliphatic carbocycles. The number of hydrogen-bond acceptors (Lipinski definition) is 7. The first-order chi connectivity index (χ1) is 20.3. The third kappa shape index (κ3) is 7.85. The smallest absolute Gasteiger partial charge is 0.346 e. The molecule has 212 valence electrons. The number of carbonyl (C=O) groups excluding carboxylic acids is 4. The highest BCUT2D eigenvalue weighted by Crippen LogP contribution is 2.20. The van der Waals surface area contributed by atoms with Crippen LogP contribution >= 0.6 is 0 Å². The van der Waals surface area contributed by atoms with Crippen molar-refractivity contribution in [1.82, 2.24) is 5.43 Å². The van der Waals surface area contributed by atoms with Crippen molar-refractivity contribution < 1.29 is 33.0 Å². The number of halogens is 1. The van der Waals surface area contributed by atoms with Gasteiger partial charge in [-0.2, -0.15) is 5.10 Å². The molecule has 0 aromatic heterocycles. The van der Waals surface area contributed by atoms with Gasteiger partial charge in [0.05, 0.1) is 29.6 Å². The molecule has 0 spiro atoms. The first kappa shape index (κ1) is 29.2. The van der Waals surface area contributed by atoms with E-state index >= 15 is 0 Å². The first-order valence-electron chi connectivity index (χ1n) is 12.7. The van der Waals surface area contributed by atoms with Gasteiger partial charge in [0, 0.05) is 5.69 Å². The summed E-state index contributed by atoms with van der Waals surface area (Å²) in [6.45, 7) is 2.38. The molecule has 0 saturated carbocycles. The zero-order valence-electron chi connectivity index (χ0n) is 22.3. The highest BCUT2D eigenvalue weighted by atomic mass is 19.1. The maximum atomic E-state index is 13.8. The third-order valence-corrected chi connectivity index (χ3v) is 5.61. The minimum absolute atomic E-state index is 0.130. The molecule has 3 N–H and O–H groups in total. The van der Waals surface area contributed by atoms with Crippen molar-refractivity contribution in [2.75, 3.05) is 17.2 Å². The SMILES string of the molecule is CCOc1ccc(NC(=O)c2ccccc2NC(=O)C(=O)N/N=C\c2ccc(OC(=O)c3ccccc3F)cc2)cc1. The number of hydrogen-bond donors (Lipinski definition) is 3. The molecule has 0 aliphatic heterocycles. The van der Waals surface area contributed by atoms with Gasteiger partial charge >= 0.3 is 17.8 Å². The molecule has 0 heterocycles. The van der Waals surface area contributed by atoms with Gasteiger partial charge in [-0.3, -0.25) is 14.4 Å². The van der Waals surface area contributed by atoms with E-state index in [4.69, 9.17) is 9.47 Å². The molecule has 42 heavy (non-hydrogen) atoms. The van der Waals surface area contributed by atoms with Crippen LogP contribution in [0.4, 0.5) is 15.8 Å². The Morgan fingerprint density at radius 1 is 0.762 bits per heavy atom. The van der Waals surface area contributed by atoms with Gasteiger partial charge in [-0.05, 0) is 85.3 Å². The van der Waals surface area contributed by atoms with E-state index in [1.165, 1.54) is 48.7 Å². The average molecular weight is 569 g/mol. The number of ether oxygens (including phenoxy) is 2. The fourth-order valence-corrected chi connectivity index (χ4v) is 3.60. The zero-order chi connectivity index (χ0) is 29.9. The van der Waals surface area contributed by atoms with Crippen LogP contribution in [0.3, 0.4) is 0 Å². The topological polar surface area (TPSA) is 135 Å². The maximum absolute atomic E-state index is 13.8. The van der Waals surface area contributed by atoms with Crippen molar-refractivity contribution in [1.29, 1.82) is 0 Å². The van der Waals surface area contributed by atoms with E-state index in [2.05, 4.69) is 21.2 Å². The number of nitrogens with zero attached hydrogens (tertiary/aromatic N) is 1. The van der Waals surface area contributed by atoms with Gasteiger partial charge in [0.25, 0.3) is 5.91 Å². The summed E-state index contributed by atoms with van der Waals surface area (Å²) in [5, 5.41) is 8.90. The van der Waals surface area contributed by atoms with Gasteiger partial charge in [0.1, 0.15) is 17.3 Å². The molecule has 4 aromatic carbocycles. The molecule has 3 amide bonds. The number of anilines is 2. The lowest BCUT2D eigenvalue weighted by Gasteiger charge is -2.11. The lowest BCUT2D eigenvalue weighted by atomic mass is 10.1. The Balaban J connectivity index is 1.30. The molecular formula is C31H25FN4O6. The molecule has 0 fully saturated rings. The summed E-state index contributed by atoms with van der Waals surface area (Å²) >= 11 is 0. The monoisotopic (exact) mass is 568 g/mol. The van der Waals surface area contributed by atoms with E-state index in [0.717, 1.165) is 6.07 Å². The number of hydrazone groups is 1. The lowest BCUT2D eigenvalue weighted by Crippen LogP contribution is -2.33. The molecular weight excluding hydrogens is 543 g/mol. The second-order valence-electron chi connectivity index (χ2n) is 8.55. The highest BCUT2D eigenvalue weighted by Gasteiger charge is 2.18. The van der Waals surface area contributed by atoms with E-state index < -0.39 is 29.5 Å². The summed E-state index contributed by atoms with van der Waals surface area (Å²) in [6.07, 6.45) is 1.27. The molecule has 4 rings (SSSR count). The van der Waals surface area contributed by atoms with Crippen LogP contribution in [0.5, 0.6) is 11.5 Å². The minimum Gasteiger partial charge on any atom is -0.494 e. The van der Waals surface area contributed by atoms with E-state index in [1.807, 2.05) is 6.92 Å². The van der Waals surface area contributed by atoms with Crippen molar-refractivity contribution in [3.8, 4) is 11.5 Å². The summed E-state index contributed by atoms with van der Waals surface area (Å²) < 4.78 is 24.3. The Hall–Kier alpha value is -5.84. The Bertz CT molecular complexity index is 1620. The van der Waals surface area contributed by atoms with Crippen LogP contribution in [-0.4, -0.2) is 36.5 Å². The van der Waals surface area contributed by atoms with Gasteiger partial charge in [-0.1, -0.05) is 24.3 Å². The third-order valence-electron chi connectivity index (χ3n) is 5.61. The summed E-state index contributed by atoms with van der Waals surface area (Å²) in [5.74, 6) is -3.29. The maximum Gasteiger partial charge on any atom is 0.346 e. The number of nitrogens with one attached hydrogen (secondary N) is 3. The summed E-state index contributed by atoms with van der Waals surface area (Å²) in [5.41, 5.74) is 3.22. The summed E-state index contributed by atoms with van der Waals surface area (Å²) in [6, 6.07) is 24.5. The molecule has 0 saturated heterocycles. The highest BCUT2D eigenvalue weighted by molar-refractivity contribution is 6.40. The number of esters is 1. The van der Waals surface area contributed by atoms with Crippen molar-refractivity contribution in [2.45, 2.75) is 6.92 Å². The number of rotatable bonds is 9. The minimum atomic E-state index is -1.07. The van der Waals surface area contributed by atoms with E-state index in [0.29, 0.717) is 23.6 Å². The largest absolute Gasteiger partial charge is 0.494 e.